The van der Waals surface area contributed by atoms with Crippen molar-refractivity contribution in [1.82, 2.24) is 10.6 Å². The first-order chi connectivity index (χ1) is 8.13. The maximum atomic E-state index is 11.2. The Bertz CT molecular complexity index is 314. The molecule has 2 amide bonds. The molecule has 0 bridgehead atoms. The highest BCUT2D eigenvalue weighted by atomic mass is 16.4. The Morgan fingerprint density at radius 2 is 1.88 bits per heavy atom. The van der Waals surface area contributed by atoms with Gasteiger partial charge in [-0.1, -0.05) is 5.92 Å². The van der Waals surface area contributed by atoms with Crippen molar-refractivity contribution in [2.24, 2.45) is 11.8 Å². The third-order valence-electron chi connectivity index (χ3n) is 3.10. The molecule has 3 N–H and O–H groups in total. The highest BCUT2D eigenvalue weighted by molar-refractivity contribution is 5.74. The number of terminal acetylenes is 1. The molecule has 1 rings (SSSR count). The molecule has 1 fully saturated rings. The molecular weight excluding hydrogens is 220 g/mol. The van der Waals surface area contributed by atoms with Crippen molar-refractivity contribution in [3.63, 3.8) is 0 Å². The Hall–Kier alpha value is -1.70. The molecule has 17 heavy (non-hydrogen) atoms. The largest absolute Gasteiger partial charge is 0.481 e. The molecule has 0 saturated heterocycles. The van der Waals surface area contributed by atoms with Crippen molar-refractivity contribution in [1.29, 1.82) is 0 Å². The second-order valence-corrected chi connectivity index (χ2v) is 4.32. The molecule has 0 aromatic heterocycles. The summed E-state index contributed by atoms with van der Waals surface area (Å²) >= 11 is 0. The number of hydrogen-bond acceptors (Lipinski definition) is 2. The quantitative estimate of drug-likeness (QED) is 0.634. The van der Waals surface area contributed by atoms with Gasteiger partial charge in [0.15, 0.2) is 0 Å². The van der Waals surface area contributed by atoms with E-state index in [0.717, 1.165) is 12.8 Å². The minimum Gasteiger partial charge on any atom is -0.481 e. The fraction of sp³-hybridized carbons (Fsp3) is 0.667. The molecule has 94 valence electrons. The van der Waals surface area contributed by atoms with Crippen LogP contribution in [-0.2, 0) is 4.79 Å². The van der Waals surface area contributed by atoms with E-state index >= 15 is 0 Å². The normalized spacial score (nSPS) is 23.5. The highest BCUT2D eigenvalue weighted by Crippen LogP contribution is 2.28. The lowest BCUT2D eigenvalue weighted by molar-refractivity contribution is -0.143. The first kappa shape index (κ1) is 13.4. The summed E-state index contributed by atoms with van der Waals surface area (Å²) in [5, 5.41) is 14.1. The van der Waals surface area contributed by atoms with Gasteiger partial charge in [-0.05, 0) is 31.6 Å². The predicted octanol–water partition coefficient (Wildman–Crippen LogP) is 0.810. The van der Waals surface area contributed by atoms with Crippen molar-refractivity contribution in [2.45, 2.75) is 25.7 Å². The van der Waals surface area contributed by atoms with E-state index in [4.69, 9.17) is 11.5 Å². The van der Waals surface area contributed by atoms with Crippen LogP contribution in [0.2, 0.25) is 0 Å². The van der Waals surface area contributed by atoms with E-state index in [1.165, 1.54) is 0 Å². The molecule has 0 aromatic rings. The maximum absolute atomic E-state index is 11.2. The Labute approximate surface area is 101 Å². The summed E-state index contributed by atoms with van der Waals surface area (Å²) in [6, 6.07) is -0.261. The van der Waals surface area contributed by atoms with Crippen LogP contribution in [0.1, 0.15) is 25.7 Å². The smallest absolute Gasteiger partial charge is 0.315 e. The van der Waals surface area contributed by atoms with Gasteiger partial charge in [0.05, 0.1) is 12.5 Å². The minimum absolute atomic E-state index is 0.207. The van der Waals surface area contributed by atoms with Crippen molar-refractivity contribution < 1.29 is 14.7 Å². The average Bonchev–Trinajstić information content (AvgIpc) is 2.34. The zero-order valence-electron chi connectivity index (χ0n) is 9.74. The van der Waals surface area contributed by atoms with Crippen LogP contribution in [0.5, 0.6) is 0 Å². The van der Waals surface area contributed by atoms with Gasteiger partial charge < -0.3 is 15.7 Å². The predicted molar refractivity (Wildman–Crippen MR) is 63.3 cm³/mol. The molecule has 0 atom stereocenters. The Morgan fingerprint density at radius 1 is 1.24 bits per heavy atom. The number of hydrogen-bond donors (Lipinski definition) is 3. The van der Waals surface area contributed by atoms with Crippen LogP contribution in [0, 0.1) is 24.2 Å². The average molecular weight is 238 g/mol. The number of carboxylic acids is 1. The fourth-order valence-electron chi connectivity index (χ4n) is 2.04. The zero-order chi connectivity index (χ0) is 12.7. The van der Waals surface area contributed by atoms with Crippen LogP contribution in [0.15, 0.2) is 0 Å². The summed E-state index contributed by atoms with van der Waals surface area (Å²) in [6.45, 7) is 0.806. The first-order valence-corrected chi connectivity index (χ1v) is 5.81. The van der Waals surface area contributed by atoms with E-state index in [1.54, 1.807) is 0 Å². The molecule has 0 unspecified atom stereocenters. The lowest BCUT2D eigenvalue weighted by Gasteiger charge is -2.26. The van der Waals surface area contributed by atoms with E-state index in [9.17, 15) is 9.59 Å². The number of carboxylic acid groups (broad SMARTS) is 1. The molecule has 0 aliphatic heterocycles. The summed E-state index contributed by atoms with van der Waals surface area (Å²) < 4.78 is 0. The summed E-state index contributed by atoms with van der Waals surface area (Å²) in [4.78, 5) is 22.0. The van der Waals surface area contributed by atoms with E-state index in [0.29, 0.717) is 25.3 Å². The second-order valence-electron chi connectivity index (χ2n) is 4.32. The molecule has 0 aromatic carbocycles. The van der Waals surface area contributed by atoms with Gasteiger partial charge >= 0.3 is 12.0 Å². The topological polar surface area (TPSA) is 78.4 Å². The molecule has 1 aliphatic rings. The molecule has 1 aliphatic carbocycles. The molecule has 1 saturated carbocycles. The third kappa shape index (κ3) is 4.77. The maximum Gasteiger partial charge on any atom is 0.315 e. The van der Waals surface area contributed by atoms with Crippen molar-refractivity contribution in [3.8, 4) is 12.3 Å². The number of amides is 2. The summed E-state index contributed by atoms with van der Waals surface area (Å²) in [5.74, 6) is 1.78. The van der Waals surface area contributed by atoms with Crippen LogP contribution < -0.4 is 10.6 Å². The molecular formula is C12H18N2O3. The van der Waals surface area contributed by atoms with Crippen molar-refractivity contribution >= 4 is 12.0 Å². The number of rotatable bonds is 4. The van der Waals surface area contributed by atoms with Crippen LogP contribution in [0.3, 0.4) is 0 Å². The number of carbonyl (C=O) groups is 2. The Kier molecular flexibility index (Phi) is 5.34. The lowest BCUT2D eigenvalue weighted by atomic mass is 9.82. The first-order valence-electron chi connectivity index (χ1n) is 5.81. The van der Waals surface area contributed by atoms with Gasteiger partial charge in [0, 0.05) is 6.54 Å². The van der Waals surface area contributed by atoms with Crippen molar-refractivity contribution in [3.05, 3.63) is 0 Å². The van der Waals surface area contributed by atoms with Crippen LogP contribution in [-0.4, -0.2) is 30.2 Å². The fourth-order valence-corrected chi connectivity index (χ4v) is 2.04. The standard InChI is InChI=1S/C12H18N2O3/c1-2-7-13-12(17)14-8-9-3-5-10(6-4-9)11(15)16/h1,9-10H,3-8H2,(H,15,16)(H2,13,14,17). The molecule has 0 spiro atoms. The van der Waals surface area contributed by atoms with Gasteiger partial charge in [0.25, 0.3) is 0 Å². The molecule has 0 heterocycles. The molecule has 5 heteroatoms. The number of aliphatic carboxylic acids is 1. The lowest BCUT2D eigenvalue weighted by Crippen LogP contribution is -2.39. The van der Waals surface area contributed by atoms with E-state index in [-0.39, 0.29) is 18.5 Å². The minimum atomic E-state index is -0.705. The van der Waals surface area contributed by atoms with Gasteiger partial charge in [-0.3, -0.25) is 4.79 Å². The van der Waals surface area contributed by atoms with Crippen molar-refractivity contribution in [2.75, 3.05) is 13.1 Å². The van der Waals surface area contributed by atoms with Crippen LogP contribution in [0.25, 0.3) is 0 Å². The molecule has 0 radical (unpaired) electrons. The number of urea groups is 1. The van der Waals surface area contributed by atoms with E-state index in [1.807, 2.05) is 0 Å². The van der Waals surface area contributed by atoms with Gasteiger partial charge in [-0.2, -0.15) is 0 Å². The van der Waals surface area contributed by atoms with E-state index in [2.05, 4.69) is 16.6 Å². The summed E-state index contributed by atoms with van der Waals surface area (Å²) in [7, 11) is 0. The third-order valence-corrected chi connectivity index (χ3v) is 3.10. The van der Waals surface area contributed by atoms with E-state index < -0.39 is 5.97 Å². The summed E-state index contributed by atoms with van der Waals surface area (Å²) in [6.07, 6.45) is 8.12. The SMILES string of the molecule is C#CCNC(=O)NCC1CCC(C(=O)O)CC1. The zero-order valence-corrected chi connectivity index (χ0v) is 9.74. The Morgan fingerprint density at radius 3 is 2.41 bits per heavy atom. The van der Waals surface area contributed by atoms with Crippen LogP contribution >= 0.6 is 0 Å². The second kappa shape index (κ2) is 6.79. The molecule has 5 nitrogen and oxygen atoms in total. The van der Waals surface area contributed by atoms with Gasteiger partial charge in [-0.25, -0.2) is 4.79 Å². The highest BCUT2D eigenvalue weighted by Gasteiger charge is 2.25. The Balaban J connectivity index is 2.16. The monoisotopic (exact) mass is 238 g/mol. The van der Waals surface area contributed by atoms with Gasteiger partial charge in [0.1, 0.15) is 0 Å². The van der Waals surface area contributed by atoms with Gasteiger partial charge in [-0.15, -0.1) is 6.42 Å². The summed E-state index contributed by atoms with van der Waals surface area (Å²) in [5.41, 5.74) is 0. The van der Waals surface area contributed by atoms with Gasteiger partial charge in [0.2, 0.25) is 0 Å². The van der Waals surface area contributed by atoms with Crippen LogP contribution in [0.4, 0.5) is 4.79 Å². The number of nitrogens with one attached hydrogen (secondary N) is 2. The number of carbonyl (C=O) groups excluding carboxylic acids is 1.